The molecule has 0 spiro atoms. The number of aliphatic hydroxyl groups excluding tert-OH is 1. The lowest BCUT2D eigenvalue weighted by molar-refractivity contribution is -0.119. The number of anilines is 1. The van der Waals surface area contributed by atoms with Gasteiger partial charge in [0, 0.05) is 31.0 Å². The number of carbonyl (C=O) groups excluding carboxylic acids is 1. The van der Waals surface area contributed by atoms with Gasteiger partial charge >= 0.3 is 0 Å². The number of hydroxylamine groups is 1. The summed E-state index contributed by atoms with van der Waals surface area (Å²) in [6.45, 7) is 2.89. The van der Waals surface area contributed by atoms with Crippen molar-refractivity contribution in [3.05, 3.63) is 29.8 Å². The first-order valence-corrected chi connectivity index (χ1v) is 8.91. The Morgan fingerprint density at radius 3 is 2.85 bits per heavy atom. The van der Waals surface area contributed by atoms with Crippen molar-refractivity contribution in [1.29, 1.82) is 0 Å². The Labute approximate surface area is 151 Å². The highest BCUT2D eigenvalue weighted by Gasteiger charge is 2.31. The summed E-state index contributed by atoms with van der Waals surface area (Å²) >= 11 is 0. The Hall–Kier alpha value is -1.63. The standard InChI is InChI=1S/C16H25N7O3/c24-15(12-5-6-13(21-20-12)23-8-7-17-9-23)18-11-4-2-1-3-10(11)14-19-16(25)26-22-14/h1-4,12-14,16-17,19-22,25H,5-9H2,(H,18,24). The molecule has 1 aromatic carbocycles. The number of para-hydroxylation sites is 1. The van der Waals surface area contributed by atoms with Gasteiger partial charge in [0.15, 0.2) is 0 Å². The molecule has 0 radical (unpaired) electrons. The maximum atomic E-state index is 12.7. The maximum absolute atomic E-state index is 12.7. The highest BCUT2D eigenvalue weighted by Crippen LogP contribution is 2.24. The summed E-state index contributed by atoms with van der Waals surface area (Å²) < 4.78 is 0. The van der Waals surface area contributed by atoms with E-state index in [2.05, 4.69) is 37.2 Å². The molecule has 0 aliphatic carbocycles. The van der Waals surface area contributed by atoms with Crippen molar-refractivity contribution in [3.63, 3.8) is 0 Å². The van der Waals surface area contributed by atoms with Crippen LogP contribution < -0.4 is 32.3 Å². The van der Waals surface area contributed by atoms with Crippen LogP contribution >= 0.6 is 0 Å². The first kappa shape index (κ1) is 17.8. The lowest BCUT2D eigenvalue weighted by Crippen LogP contribution is -2.60. The summed E-state index contributed by atoms with van der Waals surface area (Å²) in [5.74, 6) is -0.0950. The number of nitrogens with zero attached hydrogens (tertiary/aromatic N) is 1. The van der Waals surface area contributed by atoms with Crippen LogP contribution in [0.15, 0.2) is 24.3 Å². The first-order valence-electron chi connectivity index (χ1n) is 8.91. The maximum Gasteiger partial charge on any atom is 0.242 e. The second-order valence-corrected chi connectivity index (χ2v) is 6.67. The van der Waals surface area contributed by atoms with E-state index in [0.29, 0.717) is 5.69 Å². The Morgan fingerprint density at radius 1 is 1.27 bits per heavy atom. The van der Waals surface area contributed by atoms with E-state index in [9.17, 15) is 9.90 Å². The van der Waals surface area contributed by atoms with Crippen molar-refractivity contribution in [3.8, 4) is 0 Å². The fourth-order valence-electron chi connectivity index (χ4n) is 3.51. The van der Waals surface area contributed by atoms with E-state index in [0.717, 1.165) is 38.2 Å². The van der Waals surface area contributed by atoms with Crippen molar-refractivity contribution < 1.29 is 14.7 Å². The van der Waals surface area contributed by atoms with Crippen molar-refractivity contribution in [2.24, 2.45) is 0 Å². The molecule has 3 heterocycles. The van der Waals surface area contributed by atoms with E-state index >= 15 is 0 Å². The number of rotatable bonds is 4. The minimum absolute atomic E-state index is 0.0950. The highest BCUT2D eigenvalue weighted by atomic mass is 16.8. The van der Waals surface area contributed by atoms with Gasteiger partial charge < -0.3 is 15.7 Å². The quantitative estimate of drug-likeness (QED) is 0.341. The summed E-state index contributed by atoms with van der Waals surface area (Å²) in [5.41, 5.74) is 10.6. The van der Waals surface area contributed by atoms with E-state index in [1.54, 1.807) is 0 Å². The molecular formula is C16H25N7O3. The van der Waals surface area contributed by atoms with Crippen molar-refractivity contribution in [2.75, 3.05) is 25.1 Å². The van der Waals surface area contributed by atoms with Crippen LogP contribution in [0.5, 0.6) is 0 Å². The molecule has 4 unspecified atom stereocenters. The topological polar surface area (TPSA) is 122 Å². The van der Waals surface area contributed by atoms with Crippen LogP contribution in [0.25, 0.3) is 0 Å². The van der Waals surface area contributed by atoms with Crippen LogP contribution in [0.3, 0.4) is 0 Å². The zero-order chi connectivity index (χ0) is 17.9. The third kappa shape index (κ3) is 3.87. The number of aliphatic hydroxyl groups is 1. The molecule has 10 heteroatoms. The Balaban J connectivity index is 1.35. The van der Waals surface area contributed by atoms with E-state index < -0.39 is 12.6 Å². The Bertz CT molecular complexity index is 632. The van der Waals surface area contributed by atoms with Gasteiger partial charge in [-0.05, 0) is 18.9 Å². The lowest BCUT2D eigenvalue weighted by Gasteiger charge is -2.35. The minimum Gasteiger partial charge on any atom is -0.355 e. The number of hydrogen-bond acceptors (Lipinski definition) is 9. The van der Waals surface area contributed by atoms with Gasteiger partial charge in [-0.2, -0.15) is 5.48 Å². The SMILES string of the molecule is O=C(Nc1ccccc1C1NOC(O)N1)C1CCC(N2CCNC2)NN1. The third-order valence-electron chi connectivity index (χ3n) is 4.94. The van der Waals surface area contributed by atoms with Crippen LogP contribution in [-0.2, 0) is 9.63 Å². The second kappa shape index (κ2) is 7.94. The molecular weight excluding hydrogens is 338 g/mol. The van der Waals surface area contributed by atoms with Gasteiger partial charge in [0.1, 0.15) is 12.2 Å². The smallest absolute Gasteiger partial charge is 0.242 e. The second-order valence-electron chi connectivity index (χ2n) is 6.67. The van der Waals surface area contributed by atoms with Crippen LogP contribution in [0, 0.1) is 0 Å². The molecule has 1 amide bonds. The summed E-state index contributed by atoms with van der Waals surface area (Å²) in [5, 5.41) is 18.6. The van der Waals surface area contributed by atoms with E-state index in [1.807, 2.05) is 24.3 Å². The van der Waals surface area contributed by atoms with Gasteiger partial charge in [0.25, 0.3) is 0 Å². The average Bonchev–Trinajstić information content (AvgIpc) is 3.34. The fourth-order valence-corrected chi connectivity index (χ4v) is 3.51. The Kier molecular flexibility index (Phi) is 5.43. The zero-order valence-electron chi connectivity index (χ0n) is 14.4. The monoisotopic (exact) mass is 363 g/mol. The molecule has 3 saturated heterocycles. The summed E-state index contributed by atoms with van der Waals surface area (Å²) in [7, 11) is 0. The van der Waals surface area contributed by atoms with Crippen LogP contribution in [0.1, 0.15) is 24.6 Å². The predicted molar refractivity (Wildman–Crippen MR) is 93.8 cm³/mol. The highest BCUT2D eigenvalue weighted by molar-refractivity contribution is 5.95. The van der Waals surface area contributed by atoms with E-state index in [4.69, 9.17) is 4.84 Å². The molecule has 3 aliphatic rings. The van der Waals surface area contributed by atoms with Crippen molar-refractivity contribution in [1.82, 2.24) is 31.9 Å². The van der Waals surface area contributed by atoms with E-state index in [-0.39, 0.29) is 18.1 Å². The molecule has 0 bridgehead atoms. The largest absolute Gasteiger partial charge is 0.355 e. The molecule has 0 saturated carbocycles. The minimum atomic E-state index is -1.08. The molecule has 4 rings (SSSR count). The predicted octanol–water partition coefficient (Wildman–Crippen LogP) is -1.53. The molecule has 4 atom stereocenters. The number of benzene rings is 1. The number of hydrazine groups is 1. The Morgan fingerprint density at radius 2 is 2.15 bits per heavy atom. The van der Waals surface area contributed by atoms with Gasteiger partial charge in [-0.3, -0.25) is 14.5 Å². The summed E-state index contributed by atoms with van der Waals surface area (Å²) in [4.78, 5) is 19.9. The molecule has 3 fully saturated rings. The molecule has 3 aliphatic heterocycles. The molecule has 26 heavy (non-hydrogen) atoms. The van der Waals surface area contributed by atoms with Gasteiger partial charge in [0.2, 0.25) is 12.3 Å². The van der Waals surface area contributed by atoms with Crippen molar-refractivity contribution >= 4 is 11.6 Å². The lowest BCUT2D eigenvalue weighted by atomic mass is 10.1. The molecule has 7 N–H and O–H groups in total. The number of amides is 1. The van der Waals surface area contributed by atoms with E-state index in [1.165, 1.54) is 0 Å². The average molecular weight is 363 g/mol. The van der Waals surface area contributed by atoms with Gasteiger partial charge in [-0.15, -0.1) is 0 Å². The molecule has 1 aromatic rings. The summed E-state index contributed by atoms with van der Waals surface area (Å²) in [6.07, 6.45) is 0.423. The van der Waals surface area contributed by atoms with Crippen molar-refractivity contribution in [2.45, 2.75) is 37.6 Å². The van der Waals surface area contributed by atoms with Gasteiger partial charge in [-0.1, -0.05) is 18.2 Å². The third-order valence-corrected chi connectivity index (χ3v) is 4.94. The van der Waals surface area contributed by atoms with Crippen LogP contribution in [0.4, 0.5) is 5.69 Å². The molecule has 142 valence electrons. The van der Waals surface area contributed by atoms with Crippen LogP contribution in [0.2, 0.25) is 0 Å². The van der Waals surface area contributed by atoms with Gasteiger partial charge in [0.05, 0.1) is 6.17 Å². The first-order chi connectivity index (χ1) is 12.7. The summed E-state index contributed by atoms with van der Waals surface area (Å²) in [6, 6.07) is 7.12. The fraction of sp³-hybridized carbons (Fsp3) is 0.562. The molecule has 0 aromatic heterocycles. The normalized spacial score (nSPS) is 32.7. The van der Waals surface area contributed by atoms with Gasteiger partial charge in [-0.25, -0.2) is 16.2 Å². The number of hydrogen-bond donors (Lipinski definition) is 7. The molecule has 10 nitrogen and oxygen atoms in total. The number of carbonyl (C=O) groups is 1. The zero-order valence-corrected chi connectivity index (χ0v) is 14.4. The number of nitrogens with one attached hydrogen (secondary N) is 6. The van der Waals surface area contributed by atoms with Crippen LogP contribution in [-0.4, -0.2) is 54.3 Å².